The van der Waals surface area contributed by atoms with Gasteiger partial charge in [-0.1, -0.05) is 12.1 Å². The normalized spacial score (nSPS) is 15.7. The highest BCUT2D eigenvalue weighted by Crippen LogP contribution is 2.35. The zero-order valence-corrected chi connectivity index (χ0v) is 21.1. The van der Waals surface area contributed by atoms with Gasteiger partial charge in [-0.15, -0.1) is 11.3 Å². The number of hydrogen-bond donors (Lipinski definition) is 1. The second kappa shape index (κ2) is 10.6. The zero-order chi connectivity index (χ0) is 26.0. The Morgan fingerprint density at radius 3 is 2.34 bits per heavy atom. The summed E-state index contributed by atoms with van der Waals surface area (Å²) in [5.41, 5.74) is -0.176. The number of nitrogens with zero attached hydrogens (tertiary/aromatic N) is 2. The highest BCUT2D eigenvalue weighted by molar-refractivity contribution is 7.89. The number of amides is 1. The van der Waals surface area contributed by atoms with E-state index in [9.17, 15) is 31.2 Å². The fourth-order valence-electron chi connectivity index (χ4n) is 3.73. The third kappa shape index (κ3) is 6.02. The maximum absolute atomic E-state index is 13.3. The lowest BCUT2D eigenvalue weighted by atomic mass is 10.1. The second-order valence-electron chi connectivity index (χ2n) is 7.93. The Bertz CT molecular complexity index is 1200. The third-order valence-corrected chi connectivity index (χ3v) is 8.71. The Kier molecular flexibility index (Phi) is 8.25. The van der Waals surface area contributed by atoms with Gasteiger partial charge in [0.15, 0.2) is 0 Å². The summed E-state index contributed by atoms with van der Waals surface area (Å²) in [6.45, 7) is 5.61. The number of carbonyl (C=O) groups is 2. The number of esters is 1. The van der Waals surface area contributed by atoms with E-state index < -0.39 is 38.5 Å². The fourth-order valence-corrected chi connectivity index (χ4v) is 6.43. The van der Waals surface area contributed by atoms with Crippen molar-refractivity contribution < 1.29 is 35.9 Å². The number of halogens is 3. The summed E-state index contributed by atoms with van der Waals surface area (Å²) in [6, 6.07) is 4.08. The van der Waals surface area contributed by atoms with Crippen LogP contribution in [0, 0.1) is 13.8 Å². The number of benzene rings is 1. The van der Waals surface area contributed by atoms with Crippen LogP contribution in [-0.4, -0.2) is 68.8 Å². The molecule has 0 radical (unpaired) electrons. The van der Waals surface area contributed by atoms with Gasteiger partial charge in [-0.3, -0.25) is 9.69 Å². The van der Waals surface area contributed by atoms with Crippen LogP contribution in [0.5, 0.6) is 0 Å². The molecular weight excluding hydrogens is 507 g/mol. The maximum Gasteiger partial charge on any atom is 0.417 e. The number of hydrogen-bond acceptors (Lipinski definition) is 7. The minimum atomic E-state index is -4.80. The number of sulfonamides is 1. The minimum Gasteiger partial charge on any atom is -0.462 e. The molecule has 1 N–H and O–H groups in total. The Balaban J connectivity index is 1.64. The zero-order valence-electron chi connectivity index (χ0n) is 19.4. The molecule has 192 valence electrons. The van der Waals surface area contributed by atoms with Crippen molar-refractivity contribution in [1.82, 2.24) is 9.21 Å². The predicted octanol–water partition coefficient (Wildman–Crippen LogP) is 3.51. The Morgan fingerprint density at radius 1 is 1.11 bits per heavy atom. The van der Waals surface area contributed by atoms with Gasteiger partial charge in [-0.2, -0.15) is 17.5 Å². The van der Waals surface area contributed by atoms with Crippen molar-refractivity contribution in [3.8, 4) is 0 Å². The summed E-state index contributed by atoms with van der Waals surface area (Å²) >= 11 is 1.26. The summed E-state index contributed by atoms with van der Waals surface area (Å²) in [5, 5.41) is 3.11. The Labute approximate surface area is 205 Å². The molecule has 0 aliphatic carbocycles. The number of aryl methyl sites for hydroxylation is 1. The molecule has 0 atom stereocenters. The number of carbonyl (C=O) groups excluding carboxylic acids is 2. The predicted molar refractivity (Wildman–Crippen MR) is 125 cm³/mol. The molecule has 2 aromatic rings. The molecule has 13 heteroatoms. The number of rotatable bonds is 7. The molecule has 0 unspecified atom stereocenters. The van der Waals surface area contributed by atoms with Crippen molar-refractivity contribution in [3.63, 3.8) is 0 Å². The van der Waals surface area contributed by atoms with Crippen LogP contribution in [-0.2, 0) is 25.7 Å². The summed E-state index contributed by atoms with van der Waals surface area (Å²) < 4.78 is 71.8. The van der Waals surface area contributed by atoms with Crippen LogP contribution >= 0.6 is 11.3 Å². The first-order valence-corrected chi connectivity index (χ1v) is 13.1. The molecule has 0 bridgehead atoms. The van der Waals surface area contributed by atoms with E-state index in [-0.39, 0.29) is 39.3 Å². The molecule has 1 aromatic carbocycles. The quantitative estimate of drug-likeness (QED) is 0.548. The smallest absolute Gasteiger partial charge is 0.417 e. The van der Waals surface area contributed by atoms with Gasteiger partial charge < -0.3 is 10.1 Å². The molecule has 1 aliphatic heterocycles. The molecule has 1 fully saturated rings. The number of anilines is 1. The molecule has 3 rings (SSSR count). The molecule has 1 saturated heterocycles. The molecule has 1 aromatic heterocycles. The lowest BCUT2D eigenvalue weighted by Gasteiger charge is -2.33. The number of nitrogens with one attached hydrogen (secondary N) is 1. The van der Waals surface area contributed by atoms with Gasteiger partial charge in [0.1, 0.15) is 5.00 Å². The largest absolute Gasteiger partial charge is 0.462 e. The van der Waals surface area contributed by atoms with Gasteiger partial charge in [-0.25, -0.2) is 13.2 Å². The molecular formula is C22H26F3N3O5S2. The van der Waals surface area contributed by atoms with Crippen molar-refractivity contribution in [2.75, 3.05) is 44.6 Å². The van der Waals surface area contributed by atoms with Crippen LogP contribution in [0.4, 0.5) is 18.2 Å². The third-order valence-electron chi connectivity index (χ3n) is 5.63. The second-order valence-corrected chi connectivity index (χ2v) is 11.1. The summed E-state index contributed by atoms with van der Waals surface area (Å²) in [5.74, 6) is -0.918. The SMILES string of the molecule is CCOC(=O)c1c(NC(=O)CN2CCN(S(=O)(=O)c3ccccc3C(F)(F)F)CC2)sc(C)c1C. The molecule has 35 heavy (non-hydrogen) atoms. The number of ether oxygens (including phenoxy) is 1. The monoisotopic (exact) mass is 533 g/mol. The van der Waals surface area contributed by atoms with Gasteiger partial charge in [0.05, 0.1) is 29.2 Å². The summed E-state index contributed by atoms with van der Waals surface area (Å²) in [4.78, 5) is 26.7. The van der Waals surface area contributed by atoms with Gasteiger partial charge in [-0.05, 0) is 38.5 Å². The highest BCUT2D eigenvalue weighted by atomic mass is 32.2. The summed E-state index contributed by atoms with van der Waals surface area (Å²) in [7, 11) is -4.36. The van der Waals surface area contributed by atoms with Crippen LogP contribution in [0.15, 0.2) is 29.2 Å². The molecule has 0 saturated carbocycles. The summed E-state index contributed by atoms with van der Waals surface area (Å²) in [6.07, 6.45) is -4.80. The van der Waals surface area contributed by atoms with Crippen LogP contribution < -0.4 is 5.32 Å². The van der Waals surface area contributed by atoms with Gasteiger partial charge in [0.25, 0.3) is 0 Å². The fraction of sp³-hybridized carbons (Fsp3) is 0.455. The van der Waals surface area contributed by atoms with Gasteiger partial charge in [0.2, 0.25) is 15.9 Å². The average molecular weight is 534 g/mol. The molecule has 0 spiro atoms. The van der Waals surface area contributed by atoms with E-state index in [1.54, 1.807) is 18.7 Å². The van der Waals surface area contributed by atoms with Crippen LogP contribution in [0.2, 0.25) is 0 Å². The van der Waals surface area contributed by atoms with Crippen molar-refractivity contribution in [2.45, 2.75) is 31.8 Å². The Hall–Kier alpha value is -2.48. The number of piperazine rings is 1. The molecule has 1 aliphatic rings. The van der Waals surface area contributed by atoms with E-state index >= 15 is 0 Å². The standard InChI is InChI=1S/C22H26F3N3O5S2/c1-4-33-21(30)19-14(2)15(3)34-20(19)26-18(29)13-27-9-11-28(12-10-27)35(31,32)17-8-6-5-7-16(17)22(23,24)25/h5-8H,4,9-13H2,1-3H3,(H,26,29). The van der Waals surface area contributed by atoms with E-state index in [0.717, 1.165) is 32.9 Å². The lowest BCUT2D eigenvalue weighted by molar-refractivity contribution is -0.140. The molecule has 1 amide bonds. The van der Waals surface area contributed by atoms with E-state index in [4.69, 9.17) is 4.74 Å². The van der Waals surface area contributed by atoms with Crippen molar-refractivity contribution in [2.24, 2.45) is 0 Å². The number of thiophene rings is 1. The molecule has 2 heterocycles. The van der Waals surface area contributed by atoms with Crippen molar-refractivity contribution in [3.05, 3.63) is 45.8 Å². The van der Waals surface area contributed by atoms with Gasteiger partial charge >= 0.3 is 12.1 Å². The highest BCUT2D eigenvalue weighted by Gasteiger charge is 2.39. The number of alkyl halides is 3. The average Bonchev–Trinajstić information content (AvgIpc) is 3.06. The van der Waals surface area contributed by atoms with Gasteiger partial charge in [0, 0.05) is 31.1 Å². The van der Waals surface area contributed by atoms with E-state index in [1.165, 1.54) is 17.4 Å². The Morgan fingerprint density at radius 2 is 1.74 bits per heavy atom. The molecule has 8 nitrogen and oxygen atoms in total. The lowest BCUT2D eigenvalue weighted by Crippen LogP contribution is -2.50. The van der Waals surface area contributed by atoms with Crippen molar-refractivity contribution >= 4 is 38.2 Å². The first-order valence-electron chi connectivity index (χ1n) is 10.8. The topological polar surface area (TPSA) is 96.0 Å². The first-order chi connectivity index (χ1) is 16.4. The van der Waals surface area contributed by atoms with Crippen LogP contribution in [0.3, 0.4) is 0 Å². The minimum absolute atomic E-state index is 0.0624. The van der Waals surface area contributed by atoms with Crippen molar-refractivity contribution in [1.29, 1.82) is 0 Å². The maximum atomic E-state index is 13.3. The van der Waals surface area contributed by atoms with E-state index in [2.05, 4.69) is 5.32 Å². The first kappa shape index (κ1) is 27.1. The van der Waals surface area contributed by atoms with Crippen LogP contribution in [0.25, 0.3) is 0 Å². The van der Waals surface area contributed by atoms with Crippen LogP contribution in [0.1, 0.15) is 33.3 Å². The van der Waals surface area contributed by atoms with E-state index in [0.29, 0.717) is 10.6 Å². The van der Waals surface area contributed by atoms with E-state index in [1.807, 2.05) is 6.92 Å².